The molecule has 2 aliphatic rings. The summed E-state index contributed by atoms with van der Waals surface area (Å²) < 4.78 is 31.4. The Bertz CT molecular complexity index is 408. The van der Waals surface area contributed by atoms with Crippen LogP contribution in [0, 0.1) is 5.92 Å². The lowest BCUT2D eigenvalue weighted by atomic mass is 9.84. The monoisotopic (exact) mass is 289 g/mol. The highest BCUT2D eigenvalue weighted by Gasteiger charge is 2.37. The molecule has 0 unspecified atom stereocenters. The molecule has 0 aromatic carbocycles. The average molecular weight is 289 g/mol. The number of esters is 1. The Labute approximate surface area is 115 Å². The van der Waals surface area contributed by atoms with Gasteiger partial charge in [0.05, 0.1) is 11.9 Å². The second-order valence-electron chi connectivity index (χ2n) is 5.59. The third-order valence-corrected chi connectivity index (χ3v) is 5.91. The van der Waals surface area contributed by atoms with Crippen LogP contribution >= 0.6 is 0 Å². The first-order valence-corrected chi connectivity index (χ1v) is 8.72. The molecule has 19 heavy (non-hydrogen) atoms. The SMILES string of the molecule is CCOC(=O)CC1CCC(NS(=O)(=O)C2CC2)CC1. The summed E-state index contributed by atoms with van der Waals surface area (Å²) in [5.74, 6) is 0.213. The number of carbonyl (C=O) groups is 1. The molecule has 6 heteroatoms. The molecular weight excluding hydrogens is 266 g/mol. The maximum Gasteiger partial charge on any atom is 0.306 e. The fourth-order valence-corrected chi connectivity index (χ4v) is 4.30. The topological polar surface area (TPSA) is 72.5 Å². The van der Waals surface area contributed by atoms with Gasteiger partial charge >= 0.3 is 5.97 Å². The molecule has 0 radical (unpaired) electrons. The van der Waals surface area contributed by atoms with Gasteiger partial charge in [0.1, 0.15) is 0 Å². The minimum atomic E-state index is -3.08. The van der Waals surface area contributed by atoms with Gasteiger partial charge in [-0.05, 0) is 51.4 Å². The summed E-state index contributed by atoms with van der Waals surface area (Å²) in [5, 5.41) is -0.148. The molecule has 0 aromatic heterocycles. The van der Waals surface area contributed by atoms with Gasteiger partial charge in [0.25, 0.3) is 0 Å². The van der Waals surface area contributed by atoms with Crippen LogP contribution in [0.3, 0.4) is 0 Å². The zero-order valence-electron chi connectivity index (χ0n) is 11.4. The molecule has 2 rings (SSSR count). The summed E-state index contributed by atoms with van der Waals surface area (Å²) in [6.07, 6.45) is 5.52. The van der Waals surface area contributed by atoms with Crippen molar-refractivity contribution >= 4 is 16.0 Å². The quantitative estimate of drug-likeness (QED) is 0.754. The second kappa shape index (κ2) is 6.22. The molecule has 1 N–H and O–H groups in total. The zero-order chi connectivity index (χ0) is 13.9. The molecule has 0 bridgehead atoms. The molecule has 0 amide bonds. The predicted molar refractivity (Wildman–Crippen MR) is 72.1 cm³/mol. The van der Waals surface area contributed by atoms with Crippen molar-refractivity contribution in [3.8, 4) is 0 Å². The minimum Gasteiger partial charge on any atom is -0.466 e. The van der Waals surface area contributed by atoms with E-state index in [-0.39, 0.29) is 17.3 Å². The van der Waals surface area contributed by atoms with Gasteiger partial charge in [-0.15, -0.1) is 0 Å². The van der Waals surface area contributed by atoms with Crippen LogP contribution in [0.25, 0.3) is 0 Å². The van der Waals surface area contributed by atoms with Crippen molar-refractivity contribution in [1.29, 1.82) is 0 Å². The van der Waals surface area contributed by atoms with Crippen molar-refractivity contribution in [2.75, 3.05) is 6.61 Å². The smallest absolute Gasteiger partial charge is 0.306 e. The molecule has 2 aliphatic carbocycles. The number of sulfonamides is 1. The Morgan fingerprint density at radius 2 is 1.79 bits per heavy atom. The molecule has 5 nitrogen and oxygen atoms in total. The van der Waals surface area contributed by atoms with E-state index < -0.39 is 10.0 Å². The molecule has 2 fully saturated rings. The lowest BCUT2D eigenvalue weighted by Gasteiger charge is -2.28. The van der Waals surface area contributed by atoms with E-state index in [2.05, 4.69) is 4.72 Å². The van der Waals surface area contributed by atoms with Gasteiger partial charge < -0.3 is 4.74 Å². The Morgan fingerprint density at radius 1 is 1.16 bits per heavy atom. The molecular formula is C13H23NO4S. The third kappa shape index (κ3) is 4.45. The lowest BCUT2D eigenvalue weighted by molar-refractivity contribution is -0.144. The van der Waals surface area contributed by atoms with Crippen LogP contribution in [0.2, 0.25) is 0 Å². The van der Waals surface area contributed by atoms with E-state index in [0.29, 0.717) is 18.9 Å². The molecule has 2 saturated carbocycles. The lowest BCUT2D eigenvalue weighted by Crippen LogP contribution is -2.39. The summed E-state index contributed by atoms with van der Waals surface area (Å²) in [7, 11) is -3.08. The van der Waals surface area contributed by atoms with E-state index in [4.69, 9.17) is 4.74 Å². The van der Waals surface area contributed by atoms with E-state index in [1.54, 1.807) is 0 Å². The number of hydrogen-bond acceptors (Lipinski definition) is 4. The normalized spacial score (nSPS) is 28.1. The zero-order valence-corrected chi connectivity index (χ0v) is 12.2. The van der Waals surface area contributed by atoms with Gasteiger partial charge in [-0.3, -0.25) is 4.79 Å². The average Bonchev–Trinajstić information content (AvgIpc) is 3.16. The highest BCUT2D eigenvalue weighted by atomic mass is 32.2. The molecule has 0 heterocycles. The maximum atomic E-state index is 11.8. The van der Waals surface area contributed by atoms with E-state index in [1.807, 2.05) is 6.92 Å². The third-order valence-electron chi connectivity index (χ3n) is 3.90. The first-order chi connectivity index (χ1) is 9.01. The maximum absolute atomic E-state index is 11.8. The Morgan fingerprint density at radius 3 is 2.32 bits per heavy atom. The van der Waals surface area contributed by atoms with Gasteiger partial charge in [-0.2, -0.15) is 0 Å². The standard InChI is InChI=1S/C13H23NO4S/c1-2-18-13(15)9-10-3-5-11(6-4-10)14-19(16,17)12-7-8-12/h10-12,14H,2-9H2,1H3. The molecule has 110 valence electrons. The van der Waals surface area contributed by atoms with E-state index in [1.165, 1.54) is 0 Å². The van der Waals surface area contributed by atoms with Crippen molar-refractivity contribution in [2.24, 2.45) is 5.92 Å². The van der Waals surface area contributed by atoms with E-state index >= 15 is 0 Å². The van der Waals surface area contributed by atoms with E-state index in [0.717, 1.165) is 38.5 Å². The summed E-state index contributed by atoms with van der Waals surface area (Å²) in [5.41, 5.74) is 0. The van der Waals surface area contributed by atoms with Crippen LogP contribution in [0.4, 0.5) is 0 Å². The van der Waals surface area contributed by atoms with Crippen molar-refractivity contribution in [3.63, 3.8) is 0 Å². The summed E-state index contributed by atoms with van der Waals surface area (Å²) in [4.78, 5) is 11.4. The molecule has 0 aromatic rings. The van der Waals surface area contributed by atoms with Crippen LogP contribution in [0.5, 0.6) is 0 Å². The Hall–Kier alpha value is -0.620. The number of nitrogens with one attached hydrogen (secondary N) is 1. The van der Waals surface area contributed by atoms with Crippen molar-refractivity contribution in [3.05, 3.63) is 0 Å². The summed E-state index contributed by atoms with van der Waals surface area (Å²) in [6, 6.07) is 0.0593. The first-order valence-electron chi connectivity index (χ1n) is 7.18. The van der Waals surface area contributed by atoms with Crippen molar-refractivity contribution in [1.82, 2.24) is 4.72 Å². The summed E-state index contributed by atoms with van der Waals surface area (Å²) in [6.45, 7) is 2.23. The Kier molecular flexibility index (Phi) is 4.84. The van der Waals surface area contributed by atoms with Crippen LogP contribution in [0.1, 0.15) is 51.9 Å². The number of rotatable bonds is 6. The van der Waals surface area contributed by atoms with Crippen LogP contribution in [0.15, 0.2) is 0 Å². The highest BCUT2D eigenvalue weighted by Crippen LogP contribution is 2.31. The van der Waals surface area contributed by atoms with Gasteiger partial charge in [0, 0.05) is 12.5 Å². The molecule has 0 atom stereocenters. The van der Waals surface area contributed by atoms with Gasteiger partial charge in [0.2, 0.25) is 10.0 Å². The van der Waals surface area contributed by atoms with E-state index in [9.17, 15) is 13.2 Å². The van der Waals surface area contributed by atoms with Crippen LogP contribution in [-0.4, -0.2) is 32.3 Å². The minimum absolute atomic E-state index is 0.0593. The predicted octanol–water partition coefficient (Wildman–Crippen LogP) is 1.58. The second-order valence-corrected chi connectivity index (χ2v) is 7.58. The largest absolute Gasteiger partial charge is 0.466 e. The summed E-state index contributed by atoms with van der Waals surface area (Å²) >= 11 is 0. The highest BCUT2D eigenvalue weighted by molar-refractivity contribution is 7.90. The van der Waals surface area contributed by atoms with Gasteiger partial charge in [0.15, 0.2) is 0 Å². The van der Waals surface area contributed by atoms with Crippen LogP contribution < -0.4 is 4.72 Å². The molecule has 0 aliphatic heterocycles. The van der Waals surface area contributed by atoms with Gasteiger partial charge in [-0.25, -0.2) is 13.1 Å². The number of carbonyl (C=O) groups excluding carboxylic acids is 1. The van der Waals surface area contributed by atoms with Crippen molar-refractivity contribution in [2.45, 2.75) is 63.2 Å². The fourth-order valence-electron chi connectivity index (χ4n) is 2.65. The van der Waals surface area contributed by atoms with Crippen molar-refractivity contribution < 1.29 is 17.9 Å². The first kappa shape index (κ1) is 14.8. The fraction of sp³-hybridized carbons (Fsp3) is 0.923. The Balaban J connectivity index is 1.71. The van der Waals surface area contributed by atoms with Crippen LogP contribution in [-0.2, 0) is 19.6 Å². The number of hydrogen-bond donors (Lipinski definition) is 1. The molecule has 0 spiro atoms. The van der Waals surface area contributed by atoms with Gasteiger partial charge in [-0.1, -0.05) is 0 Å². The number of ether oxygens (including phenoxy) is 1. The molecule has 0 saturated heterocycles.